The Kier molecular flexibility index (Phi) is 3.93. The Morgan fingerprint density at radius 3 is 2.33 bits per heavy atom. The molecule has 0 unspecified atom stereocenters. The summed E-state index contributed by atoms with van der Waals surface area (Å²) < 4.78 is 53.5. The van der Waals surface area contributed by atoms with Gasteiger partial charge in [0, 0.05) is 20.2 Å². The number of halogens is 4. The molecule has 0 N–H and O–H groups in total. The van der Waals surface area contributed by atoms with Gasteiger partial charge in [0.25, 0.3) is 0 Å². The fourth-order valence-electron chi connectivity index (χ4n) is 1.95. The van der Waals surface area contributed by atoms with Crippen molar-refractivity contribution in [3.05, 3.63) is 41.3 Å². The summed E-state index contributed by atoms with van der Waals surface area (Å²) in [6.45, 7) is 1.87. The Bertz CT molecular complexity index is 644. The van der Waals surface area contributed by atoms with Crippen LogP contribution in [0.1, 0.15) is 18.2 Å². The molecule has 3 nitrogen and oxygen atoms in total. The second kappa shape index (κ2) is 5.38. The van der Waals surface area contributed by atoms with Gasteiger partial charge in [-0.3, -0.25) is 0 Å². The maximum Gasteiger partial charge on any atom is 0.435 e. The number of hydrogen-bond acceptors (Lipinski definition) is 2. The molecule has 0 spiro atoms. The van der Waals surface area contributed by atoms with Gasteiger partial charge >= 0.3 is 6.18 Å². The van der Waals surface area contributed by atoms with Gasteiger partial charge in [-0.15, -0.1) is 0 Å². The largest absolute Gasteiger partial charge is 0.435 e. The van der Waals surface area contributed by atoms with E-state index in [1.54, 1.807) is 20.2 Å². The molecule has 21 heavy (non-hydrogen) atoms. The molecule has 2 rings (SSSR count). The van der Waals surface area contributed by atoms with E-state index in [4.69, 9.17) is 0 Å². The minimum Gasteiger partial charge on any atom is -0.363 e. The summed E-state index contributed by atoms with van der Waals surface area (Å²) in [5.41, 5.74) is -0.289. The number of anilines is 1. The summed E-state index contributed by atoms with van der Waals surface area (Å²) in [5, 5.41) is 3.50. The average Bonchev–Trinajstić information content (AvgIpc) is 2.83. The molecular formula is C14H15F4N3. The van der Waals surface area contributed by atoms with Crippen molar-refractivity contribution in [1.29, 1.82) is 0 Å². The van der Waals surface area contributed by atoms with Crippen molar-refractivity contribution in [1.82, 2.24) is 9.78 Å². The van der Waals surface area contributed by atoms with Crippen LogP contribution in [-0.2, 0) is 12.6 Å². The summed E-state index contributed by atoms with van der Waals surface area (Å²) in [5.74, 6) is -0.445. The number of alkyl halides is 3. The monoisotopic (exact) mass is 301 g/mol. The van der Waals surface area contributed by atoms with E-state index in [1.807, 2.05) is 6.92 Å². The standard InChI is InChI=1S/C14H15F4N3/c1-4-9-5-6-11(10(15)7-9)21-13(20(2)3)8-12(19-21)14(16,17)18/h5-8H,4H2,1-3H3. The maximum absolute atomic E-state index is 14.1. The van der Waals surface area contributed by atoms with E-state index < -0.39 is 17.7 Å². The second-order valence-electron chi connectivity index (χ2n) is 4.83. The number of hydrogen-bond donors (Lipinski definition) is 0. The number of aromatic nitrogens is 2. The third-order valence-corrected chi connectivity index (χ3v) is 3.09. The highest BCUT2D eigenvalue weighted by Crippen LogP contribution is 2.32. The number of aryl methyl sites for hydroxylation is 1. The highest BCUT2D eigenvalue weighted by molar-refractivity contribution is 5.49. The first-order valence-electron chi connectivity index (χ1n) is 6.37. The second-order valence-corrected chi connectivity index (χ2v) is 4.83. The molecule has 0 saturated heterocycles. The van der Waals surface area contributed by atoms with Crippen LogP contribution in [0, 0.1) is 5.82 Å². The molecule has 114 valence electrons. The summed E-state index contributed by atoms with van der Waals surface area (Å²) in [6.07, 6.45) is -3.93. The van der Waals surface area contributed by atoms with Crippen LogP contribution >= 0.6 is 0 Å². The van der Waals surface area contributed by atoms with Gasteiger partial charge in [-0.05, 0) is 24.1 Å². The first-order chi connectivity index (χ1) is 9.74. The smallest absolute Gasteiger partial charge is 0.363 e. The minimum atomic E-state index is -4.57. The van der Waals surface area contributed by atoms with Crippen molar-refractivity contribution in [2.75, 3.05) is 19.0 Å². The molecule has 7 heteroatoms. The number of nitrogens with zero attached hydrogens (tertiary/aromatic N) is 3. The molecule has 0 atom stereocenters. The van der Waals surface area contributed by atoms with Gasteiger partial charge < -0.3 is 4.90 Å². The van der Waals surface area contributed by atoms with Gasteiger partial charge in [-0.2, -0.15) is 18.3 Å². The molecule has 1 aromatic heterocycles. The van der Waals surface area contributed by atoms with Gasteiger partial charge in [0.05, 0.1) is 0 Å². The molecule has 0 bridgehead atoms. The van der Waals surface area contributed by atoms with Crippen molar-refractivity contribution in [3.8, 4) is 5.69 Å². The van der Waals surface area contributed by atoms with Gasteiger partial charge in [-0.25, -0.2) is 9.07 Å². The van der Waals surface area contributed by atoms with E-state index in [1.165, 1.54) is 17.0 Å². The molecule has 1 aromatic carbocycles. The number of benzene rings is 1. The van der Waals surface area contributed by atoms with Crippen molar-refractivity contribution < 1.29 is 17.6 Å². The zero-order valence-corrected chi connectivity index (χ0v) is 11.9. The summed E-state index contributed by atoms with van der Waals surface area (Å²) in [7, 11) is 3.15. The predicted molar refractivity (Wildman–Crippen MR) is 72.2 cm³/mol. The Morgan fingerprint density at radius 1 is 1.19 bits per heavy atom. The van der Waals surface area contributed by atoms with E-state index in [2.05, 4.69) is 5.10 Å². The molecule has 2 aromatic rings. The normalized spacial score (nSPS) is 11.8. The van der Waals surface area contributed by atoms with Crippen LogP contribution in [-0.4, -0.2) is 23.9 Å². The lowest BCUT2D eigenvalue weighted by Gasteiger charge is -2.15. The van der Waals surface area contributed by atoms with E-state index in [-0.39, 0.29) is 11.5 Å². The Labute approximate surface area is 119 Å². The highest BCUT2D eigenvalue weighted by atomic mass is 19.4. The SMILES string of the molecule is CCc1ccc(-n2nc(C(F)(F)F)cc2N(C)C)c(F)c1. The van der Waals surface area contributed by atoms with Crippen LogP contribution < -0.4 is 4.90 Å². The Morgan fingerprint density at radius 2 is 1.86 bits per heavy atom. The van der Waals surface area contributed by atoms with Gasteiger partial charge in [0.1, 0.15) is 17.3 Å². The molecular weight excluding hydrogens is 286 g/mol. The topological polar surface area (TPSA) is 21.1 Å². The van der Waals surface area contributed by atoms with Crippen LogP contribution in [0.4, 0.5) is 23.4 Å². The summed E-state index contributed by atoms with van der Waals surface area (Å²) in [4.78, 5) is 1.45. The molecule has 0 radical (unpaired) electrons. The van der Waals surface area contributed by atoms with Crippen molar-refractivity contribution in [2.45, 2.75) is 19.5 Å². The fraction of sp³-hybridized carbons (Fsp3) is 0.357. The van der Waals surface area contributed by atoms with Crippen molar-refractivity contribution in [2.24, 2.45) is 0 Å². The third kappa shape index (κ3) is 3.01. The molecule has 1 heterocycles. The van der Waals surface area contributed by atoms with Gasteiger partial charge in [-0.1, -0.05) is 13.0 Å². The first kappa shape index (κ1) is 15.3. The minimum absolute atomic E-state index is 0.00796. The summed E-state index contributed by atoms with van der Waals surface area (Å²) in [6, 6.07) is 5.32. The predicted octanol–water partition coefficient (Wildman–Crippen LogP) is 3.66. The molecule has 0 fully saturated rings. The van der Waals surface area contributed by atoms with Crippen LogP contribution in [0.2, 0.25) is 0 Å². The zero-order chi connectivity index (χ0) is 15.8. The van der Waals surface area contributed by atoms with E-state index in [0.717, 1.165) is 16.3 Å². The molecule has 0 aliphatic carbocycles. The van der Waals surface area contributed by atoms with Crippen LogP contribution in [0.25, 0.3) is 5.69 Å². The highest BCUT2D eigenvalue weighted by Gasteiger charge is 2.35. The molecule has 0 aliphatic heterocycles. The van der Waals surface area contributed by atoms with Gasteiger partial charge in [0.15, 0.2) is 5.69 Å². The van der Waals surface area contributed by atoms with Crippen molar-refractivity contribution in [3.63, 3.8) is 0 Å². The van der Waals surface area contributed by atoms with Crippen LogP contribution in [0.3, 0.4) is 0 Å². The maximum atomic E-state index is 14.1. The van der Waals surface area contributed by atoms with E-state index in [0.29, 0.717) is 6.42 Å². The molecule has 0 saturated carbocycles. The van der Waals surface area contributed by atoms with E-state index >= 15 is 0 Å². The first-order valence-corrected chi connectivity index (χ1v) is 6.37. The molecule has 0 aliphatic rings. The quantitative estimate of drug-likeness (QED) is 0.807. The van der Waals surface area contributed by atoms with Crippen LogP contribution in [0.15, 0.2) is 24.3 Å². The lowest BCUT2D eigenvalue weighted by Crippen LogP contribution is -2.15. The Balaban J connectivity index is 2.60. The molecule has 0 amide bonds. The van der Waals surface area contributed by atoms with Gasteiger partial charge in [0.2, 0.25) is 0 Å². The summed E-state index contributed by atoms with van der Waals surface area (Å²) >= 11 is 0. The zero-order valence-electron chi connectivity index (χ0n) is 11.9. The number of rotatable bonds is 3. The van der Waals surface area contributed by atoms with Crippen LogP contribution in [0.5, 0.6) is 0 Å². The third-order valence-electron chi connectivity index (χ3n) is 3.09. The van der Waals surface area contributed by atoms with Crippen molar-refractivity contribution >= 4 is 5.82 Å². The lowest BCUT2D eigenvalue weighted by atomic mass is 10.1. The Hall–Kier alpha value is -2.05. The fourth-order valence-corrected chi connectivity index (χ4v) is 1.95. The van der Waals surface area contributed by atoms with E-state index in [9.17, 15) is 17.6 Å². The average molecular weight is 301 g/mol. The lowest BCUT2D eigenvalue weighted by molar-refractivity contribution is -0.141.